The zero-order chi connectivity index (χ0) is 17.6. The number of rotatable bonds is 5. The summed E-state index contributed by atoms with van der Waals surface area (Å²) in [6, 6.07) is 18.4. The summed E-state index contributed by atoms with van der Waals surface area (Å²) in [5.41, 5.74) is 1.42. The van der Waals surface area contributed by atoms with E-state index in [1.165, 1.54) is 24.3 Å². The van der Waals surface area contributed by atoms with Gasteiger partial charge >= 0.3 is 5.97 Å². The minimum absolute atomic E-state index is 0. The monoisotopic (exact) mass is 414 g/mol. The number of carbonyl (C=O) groups excluding carboxylic acids is 1. The van der Waals surface area contributed by atoms with Gasteiger partial charge in [-0.3, -0.25) is 10.1 Å². The Kier molecular flexibility index (Phi) is 6.57. The third-order valence-electron chi connectivity index (χ3n) is 3.59. The molecule has 7 heteroatoms. The van der Waals surface area contributed by atoms with Gasteiger partial charge in [-0.05, 0) is 24.3 Å². The van der Waals surface area contributed by atoms with Gasteiger partial charge in [0, 0.05) is 29.8 Å². The largest absolute Gasteiger partial charge is 1.00 e. The van der Waals surface area contributed by atoms with Crippen molar-refractivity contribution in [3.63, 3.8) is 0 Å². The molecule has 0 aliphatic heterocycles. The van der Waals surface area contributed by atoms with Crippen LogP contribution >= 0.6 is 0 Å². The van der Waals surface area contributed by atoms with Gasteiger partial charge < -0.3 is 21.7 Å². The molecule has 0 saturated carbocycles. The molecule has 3 aromatic rings. The number of nitro groups is 1. The second-order valence-electron chi connectivity index (χ2n) is 5.39. The lowest BCUT2D eigenvalue weighted by Gasteiger charge is -2.05. The Bertz CT molecular complexity index is 882. The van der Waals surface area contributed by atoms with Gasteiger partial charge in [-0.2, -0.15) is 0 Å². The molecular formula is C19H15BrN2O4. The van der Waals surface area contributed by atoms with Crippen molar-refractivity contribution in [3.05, 3.63) is 100 Å². The summed E-state index contributed by atoms with van der Waals surface area (Å²) < 4.78 is 7.26. The van der Waals surface area contributed by atoms with Crippen molar-refractivity contribution >= 4 is 11.7 Å². The molecule has 0 amide bonds. The van der Waals surface area contributed by atoms with Crippen LogP contribution in [-0.2, 0) is 6.54 Å². The Morgan fingerprint density at radius 1 is 0.962 bits per heavy atom. The van der Waals surface area contributed by atoms with Crippen LogP contribution in [0.3, 0.4) is 0 Å². The van der Waals surface area contributed by atoms with E-state index in [9.17, 15) is 14.9 Å². The summed E-state index contributed by atoms with van der Waals surface area (Å²) in [5, 5.41) is 10.6. The Balaban J connectivity index is 0.00000243. The Labute approximate surface area is 160 Å². The molecule has 0 atom stereocenters. The number of carbonyl (C=O) groups is 1. The summed E-state index contributed by atoms with van der Waals surface area (Å²) in [6.45, 7) is 0.707. The highest BCUT2D eigenvalue weighted by Gasteiger charge is 2.11. The van der Waals surface area contributed by atoms with Crippen LogP contribution in [0.4, 0.5) is 5.69 Å². The van der Waals surface area contributed by atoms with Gasteiger partial charge in [-0.25, -0.2) is 9.36 Å². The fourth-order valence-corrected chi connectivity index (χ4v) is 2.30. The van der Waals surface area contributed by atoms with E-state index in [4.69, 9.17) is 4.74 Å². The molecule has 1 aromatic heterocycles. The number of pyridine rings is 1. The first kappa shape index (κ1) is 19.3. The molecule has 6 nitrogen and oxygen atoms in total. The highest BCUT2D eigenvalue weighted by molar-refractivity contribution is 5.91. The predicted octanol–water partition coefficient (Wildman–Crippen LogP) is 0.154. The summed E-state index contributed by atoms with van der Waals surface area (Å²) in [7, 11) is 0. The first-order valence-electron chi connectivity index (χ1n) is 7.61. The number of hydrogen-bond acceptors (Lipinski definition) is 4. The fraction of sp³-hybridized carbons (Fsp3) is 0.0526. The first-order chi connectivity index (χ1) is 12.1. The van der Waals surface area contributed by atoms with Gasteiger partial charge in [0.05, 0.1) is 10.5 Å². The smallest absolute Gasteiger partial charge is 0.343 e. The van der Waals surface area contributed by atoms with E-state index in [2.05, 4.69) is 0 Å². The Morgan fingerprint density at radius 2 is 1.58 bits per heavy atom. The number of esters is 1. The molecule has 0 saturated heterocycles. The minimum atomic E-state index is -0.507. The van der Waals surface area contributed by atoms with Crippen LogP contribution in [0.5, 0.6) is 5.75 Å². The van der Waals surface area contributed by atoms with Crippen molar-refractivity contribution in [2.45, 2.75) is 6.54 Å². The zero-order valence-electron chi connectivity index (χ0n) is 13.6. The number of hydrogen-bond donors (Lipinski definition) is 0. The molecule has 132 valence electrons. The van der Waals surface area contributed by atoms with Gasteiger partial charge in [0.15, 0.2) is 18.9 Å². The molecule has 0 unspecified atom stereocenters. The second kappa shape index (κ2) is 8.87. The molecule has 0 bridgehead atoms. The average molecular weight is 415 g/mol. The molecule has 0 N–H and O–H groups in total. The van der Waals surface area contributed by atoms with E-state index < -0.39 is 10.9 Å². The first-order valence-corrected chi connectivity index (χ1v) is 7.61. The molecule has 0 aliphatic rings. The summed E-state index contributed by atoms with van der Waals surface area (Å²) >= 11 is 0. The van der Waals surface area contributed by atoms with Crippen molar-refractivity contribution in [1.29, 1.82) is 0 Å². The van der Waals surface area contributed by atoms with Gasteiger partial charge in [0.2, 0.25) is 0 Å². The number of non-ortho nitro benzene ring substituents is 1. The molecule has 1 heterocycles. The van der Waals surface area contributed by atoms with Crippen molar-refractivity contribution in [1.82, 2.24) is 0 Å². The third kappa shape index (κ3) is 4.97. The van der Waals surface area contributed by atoms with Gasteiger partial charge in [-0.1, -0.05) is 18.2 Å². The number of benzene rings is 2. The van der Waals surface area contributed by atoms with E-state index in [0.29, 0.717) is 12.1 Å². The van der Waals surface area contributed by atoms with Crippen molar-refractivity contribution < 1.29 is 36.0 Å². The van der Waals surface area contributed by atoms with Crippen LogP contribution in [0.1, 0.15) is 15.9 Å². The fourth-order valence-electron chi connectivity index (χ4n) is 2.30. The van der Waals surface area contributed by atoms with Crippen molar-refractivity contribution in [3.8, 4) is 5.75 Å². The van der Waals surface area contributed by atoms with Crippen LogP contribution < -0.4 is 26.3 Å². The van der Waals surface area contributed by atoms with Crippen LogP contribution in [0.25, 0.3) is 0 Å². The van der Waals surface area contributed by atoms with E-state index in [-0.39, 0.29) is 28.4 Å². The lowest BCUT2D eigenvalue weighted by atomic mass is 10.1. The standard InChI is InChI=1S/C19H15N2O4.BrH/c22-19(25-18-10-8-17(9-11-18)21(23)24)16-6-4-15(5-7-16)14-20-12-2-1-3-13-20;/h1-13H,14H2;1H/q+1;/p-1. The maximum absolute atomic E-state index is 12.1. The minimum Gasteiger partial charge on any atom is -1.00 e. The normalized spacial score (nSPS) is 9.85. The van der Waals surface area contributed by atoms with Gasteiger partial charge in [-0.15, -0.1) is 0 Å². The number of nitro benzene ring substituents is 1. The summed E-state index contributed by atoms with van der Waals surface area (Å²) in [5.74, 6) is -0.243. The second-order valence-corrected chi connectivity index (χ2v) is 5.39. The number of ether oxygens (including phenoxy) is 1. The lowest BCUT2D eigenvalue weighted by Crippen LogP contribution is -3.00. The molecule has 26 heavy (non-hydrogen) atoms. The van der Waals surface area contributed by atoms with Gasteiger partial charge in [0.25, 0.3) is 5.69 Å². The number of halogens is 1. The Morgan fingerprint density at radius 3 is 2.15 bits per heavy atom. The van der Waals surface area contributed by atoms with Crippen LogP contribution in [0.2, 0.25) is 0 Å². The molecule has 2 aromatic carbocycles. The lowest BCUT2D eigenvalue weighted by molar-refractivity contribution is -0.688. The van der Waals surface area contributed by atoms with E-state index >= 15 is 0 Å². The van der Waals surface area contributed by atoms with Gasteiger partial charge in [0.1, 0.15) is 5.75 Å². The highest BCUT2D eigenvalue weighted by Crippen LogP contribution is 2.18. The third-order valence-corrected chi connectivity index (χ3v) is 3.59. The average Bonchev–Trinajstić information content (AvgIpc) is 2.63. The highest BCUT2D eigenvalue weighted by atomic mass is 79.9. The number of nitrogens with zero attached hydrogens (tertiary/aromatic N) is 2. The molecular weight excluding hydrogens is 400 g/mol. The van der Waals surface area contributed by atoms with E-state index in [1.54, 1.807) is 12.1 Å². The van der Waals surface area contributed by atoms with Crippen molar-refractivity contribution in [2.75, 3.05) is 0 Å². The van der Waals surface area contributed by atoms with Crippen LogP contribution in [0, 0.1) is 10.1 Å². The summed E-state index contributed by atoms with van der Waals surface area (Å²) in [4.78, 5) is 22.3. The maximum atomic E-state index is 12.1. The maximum Gasteiger partial charge on any atom is 0.343 e. The van der Waals surface area contributed by atoms with Crippen LogP contribution in [-0.4, -0.2) is 10.9 Å². The molecule has 0 spiro atoms. The Hall–Kier alpha value is -3.06. The zero-order valence-corrected chi connectivity index (χ0v) is 15.2. The molecule has 0 radical (unpaired) electrons. The topological polar surface area (TPSA) is 73.3 Å². The molecule has 0 aliphatic carbocycles. The quantitative estimate of drug-likeness (QED) is 0.196. The molecule has 0 fully saturated rings. The van der Waals surface area contributed by atoms with Crippen LogP contribution in [0.15, 0.2) is 79.1 Å². The SMILES string of the molecule is O=C(Oc1ccc([N+](=O)[O-])cc1)c1ccc(C[n+]2ccccc2)cc1.[Br-]. The predicted molar refractivity (Wildman–Crippen MR) is 90.2 cm³/mol. The van der Waals surface area contributed by atoms with E-state index in [0.717, 1.165) is 5.56 Å². The van der Waals surface area contributed by atoms with Crippen molar-refractivity contribution in [2.24, 2.45) is 0 Å². The summed E-state index contributed by atoms with van der Waals surface area (Å²) in [6.07, 6.45) is 3.94. The van der Waals surface area contributed by atoms with E-state index in [1.807, 2.05) is 47.3 Å². The molecule has 3 rings (SSSR count). The number of aromatic nitrogens is 1.